The van der Waals surface area contributed by atoms with Crippen LogP contribution in [0.1, 0.15) is 10.4 Å². The summed E-state index contributed by atoms with van der Waals surface area (Å²) in [6.45, 7) is 0. The highest BCUT2D eigenvalue weighted by Gasteiger charge is 2.32. The molecule has 1 aromatic carbocycles. The fourth-order valence-corrected chi connectivity index (χ4v) is 1.30. The molecule has 1 aromatic rings. The number of Topliss-reactive ketones (excluding diaryl/α,β-unsaturated/α-hetero) is 1. The van der Waals surface area contributed by atoms with Crippen LogP contribution in [-0.2, 0) is 0 Å². The Hall–Kier alpha value is -0.510. The maximum atomic E-state index is 13.0. The lowest BCUT2D eigenvalue weighted by atomic mass is 10.1. The van der Waals surface area contributed by atoms with Crippen molar-refractivity contribution >= 4 is 40.6 Å². The van der Waals surface area contributed by atoms with Crippen LogP contribution in [0.4, 0.5) is 4.39 Å². The summed E-state index contributed by atoms with van der Waals surface area (Å²) in [5.74, 6) is -1.25. The Kier molecular flexibility index (Phi) is 3.82. The minimum Gasteiger partial charge on any atom is -0.497 e. The molecule has 0 fully saturated rings. The molecule has 0 atom stereocenters. The number of hydrogen-bond donors (Lipinski definition) is 0. The van der Waals surface area contributed by atoms with Gasteiger partial charge in [-0.15, -0.1) is 0 Å². The largest absolute Gasteiger partial charge is 0.497 e. The first kappa shape index (κ1) is 12.6. The molecular formula is C9H6Cl3FO2. The first-order chi connectivity index (χ1) is 6.84. The average Bonchev–Trinajstić information content (AvgIpc) is 2.14. The van der Waals surface area contributed by atoms with Crippen molar-refractivity contribution in [1.82, 2.24) is 0 Å². The van der Waals surface area contributed by atoms with Gasteiger partial charge in [0.15, 0.2) is 0 Å². The summed E-state index contributed by atoms with van der Waals surface area (Å²) in [6, 6.07) is 3.40. The minimum absolute atomic E-state index is 0.0492. The monoisotopic (exact) mass is 270 g/mol. The zero-order valence-corrected chi connectivity index (χ0v) is 9.83. The van der Waals surface area contributed by atoms with E-state index in [1.807, 2.05) is 0 Å². The van der Waals surface area contributed by atoms with Crippen LogP contribution in [0, 0.1) is 5.82 Å². The number of alkyl halides is 3. The Morgan fingerprint density at radius 2 is 1.93 bits per heavy atom. The van der Waals surface area contributed by atoms with Crippen LogP contribution in [0.5, 0.6) is 5.75 Å². The highest BCUT2D eigenvalue weighted by atomic mass is 35.6. The van der Waals surface area contributed by atoms with Crippen molar-refractivity contribution in [2.24, 2.45) is 0 Å². The lowest BCUT2D eigenvalue weighted by Crippen LogP contribution is -2.19. The second-order valence-corrected chi connectivity index (χ2v) is 4.99. The highest BCUT2D eigenvalue weighted by Crippen LogP contribution is 2.31. The van der Waals surface area contributed by atoms with E-state index in [0.29, 0.717) is 0 Å². The van der Waals surface area contributed by atoms with Gasteiger partial charge >= 0.3 is 0 Å². The van der Waals surface area contributed by atoms with Gasteiger partial charge in [0.05, 0.1) is 7.11 Å². The molecular weight excluding hydrogens is 265 g/mol. The van der Waals surface area contributed by atoms with Gasteiger partial charge in [-0.05, 0) is 12.1 Å². The molecule has 0 amide bonds. The third-order valence-corrected chi connectivity index (χ3v) is 2.14. The number of benzene rings is 1. The zero-order chi connectivity index (χ0) is 11.6. The Morgan fingerprint density at radius 1 is 1.33 bits per heavy atom. The van der Waals surface area contributed by atoms with E-state index >= 15 is 0 Å². The van der Waals surface area contributed by atoms with Gasteiger partial charge in [0.2, 0.25) is 5.78 Å². The number of carbonyl (C=O) groups is 1. The van der Waals surface area contributed by atoms with Crippen molar-refractivity contribution in [2.45, 2.75) is 3.79 Å². The van der Waals surface area contributed by atoms with Gasteiger partial charge in [-0.2, -0.15) is 0 Å². The lowest BCUT2D eigenvalue weighted by molar-refractivity contribution is 0.0995. The number of methoxy groups -OCH3 is 1. The number of ketones is 1. The number of rotatable bonds is 2. The van der Waals surface area contributed by atoms with Crippen molar-refractivity contribution in [1.29, 1.82) is 0 Å². The van der Waals surface area contributed by atoms with Gasteiger partial charge in [0, 0.05) is 11.6 Å². The number of ether oxygens (including phenoxy) is 1. The van der Waals surface area contributed by atoms with Crippen molar-refractivity contribution in [3.63, 3.8) is 0 Å². The molecule has 0 radical (unpaired) electrons. The van der Waals surface area contributed by atoms with Crippen LogP contribution in [0.2, 0.25) is 0 Å². The van der Waals surface area contributed by atoms with Crippen LogP contribution in [-0.4, -0.2) is 16.7 Å². The fraction of sp³-hybridized carbons (Fsp3) is 0.222. The topological polar surface area (TPSA) is 26.3 Å². The number of carbonyl (C=O) groups excluding carboxylic acids is 1. The molecule has 0 spiro atoms. The maximum Gasteiger partial charge on any atom is 0.253 e. The van der Waals surface area contributed by atoms with Gasteiger partial charge in [-0.1, -0.05) is 34.8 Å². The van der Waals surface area contributed by atoms with Crippen molar-refractivity contribution < 1.29 is 13.9 Å². The average molecular weight is 272 g/mol. The maximum absolute atomic E-state index is 13.0. The molecule has 15 heavy (non-hydrogen) atoms. The molecule has 0 aromatic heterocycles. The van der Waals surface area contributed by atoms with E-state index in [1.165, 1.54) is 13.2 Å². The second-order valence-electron chi connectivity index (χ2n) is 2.71. The molecule has 0 aliphatic carbocycles. The first-order valence-electron chi connectivity index (χ1n) is 3.80. The normalized spacial score (nSPS) is 11.3. The van der Waals surface area contributed by atoms with Crippen molar-refractivity contribution in [3.8, 4) is 5.75 Å². The van der Waals surface area contributed by atoms with Crippen LogP contribution in [0.15, 0.2) is 18.2 Å². The predicted octanol–water partition coefficient (Wildman–Crippen LogP) is 3.39. The summed E-state index contributed by atoms with van der Waals surface area (Å²) in [5, 5.41) is 0. The third kappa shape index (κ3) is 3.23. The standard InChI is InChI=1S/C9H6Cl3FO2/c1-15-7-3-5(2-6(13)4-7)8(14)9(10,11)12/h2-4H,1H3. The highest BCUT2D eigenvalue weighted by molar-refractivity contribution is 6.77. The van der Waals surface area contributed by atoms with E-state index in [9.17, 15) is 9.18 Å². The summed E-state index contributed by atoms with van der Waals surface area (Å²) in [4.78, 5) is 11.5. The fourth-order valence-electron chi connectivity index (χ4n) is 0.975. The summed E-state index contributed by atoms with van der Waals surface area (Å²) in [6.07, 6.45) is 0. The SMILES string of the molecule is COc1cc(F)cc(C(=O)C(Cl)(Cl)Cl)c1. The van der Waals surface area contributed by atoms with Gasteiger partial charge in [0.1, 0.15) is 11.6 Å². The molecule has 82 valence electrons. The smallest absolute Gasteiger partial charge is 0.253 e. The molecule has 0 saturated carbocycles. The Labute approximate surface area is 101 Å². The van der Waals surface area contributed by atoms with Crippen LogP contribution in [0.25, 0.3) is 0 Å². The van der Waals surface area contributed by atoms with Crippen LogP contribution >= 0.6 is 34.8 Å². The summed E-state index contributed by atoms with van der Waals surface area (Å²) in [5.41, 5.74) is -0.0492. The molecule has 0 aliphatic heterocycles. The van der Waals surface area contributed by atoms with Gasteiger partial charge in [-0.25, -0.2) is 4.39 Å². The summed E-state index contributed by atoms with van der Waals surface area (Å²) in [7, 11) is 1.35. The van der Waals surface area contributed by atoms with E-state index in [4.69, 9.17) is 39.5 Å². The summed E-state index contributed by atoms with van der Waals surface area (Å²) < 4.78 is 15.7. The third-order valence-electron chi connectivity index (χ3n) is 1.63. The van der Waals surface area contributed by atoms with E-state index in [-0.39, 0.29) is 11.3 Å². The molecule has 1 rings (SSSR count). The molecule has 0 bridgehead atoms. The molecule has 6 heteroatoms. The molecule has 0 heterocycles. The van der Waals surface area contributed by atoms with E-state index < -0.39 is 15.4 Å². The Bertz CT molecular complexity index is 387. The van der Waals surface area contributed by atoms with Gasteiger partial charge in [0.25, 0.3) is 3.79 Å². The van der Waals surface area contributed by atoms with Gasteiger partial charge in [-0.3, -0.25) is 4.79 Å². The van der Waals surface area contributed by atoms with E-state index in [0.717, 1.165) is 12.1 Å². The second kappa shape index (κ2) is 4.56. The number of hydrogen-bond acceptors (Lipinski definition) is 2. The quantitative estimate of drug-likeness (QED) is 0.609. The van der Waals surface area contributed by atoms with Crippen molar-refractivity contribution in [2.75, 3.05) is 7.11 Å². The molecule has 0 unspecified atom stereocenters. The Morgan fingerprint density at radius 3 is 2.40 bits per heavy atom. The Balaban J connectivity index is 3.15. The minimum atomic E-state index is -2.10. The first-order valence-corrected chi connectivity index (χ1v) is 4.94. The van der Waals surface area contributed by atoms with Gasteiger partial charge < -0.3 is 4.74 Å². The summed E-state index contributed by atoms with van der Waals surface area (Å²) >= 11 is 16.2. The molecule has 0 saturated heterocycles. The van der Waals surface area contributed by atoms with Crippen LogP contribution < -0.4 is 4.74 Å². The van der Waals surface area contributed by atoms with E-state index in [2.05, 4.69) is 0 Å². The zero-order valence-electron chi connectivity index (χ0n) is 7.56. The molecule has 0 N–H and O–H groups in total. The molecule has 2 nitrogen and oxygen atoms in total. The number of halogens is 4. The lowest BCUT2D eigenvalue weighted by Gasteiger charge is -2.10. The predicted molar refractivity (Wildman–Crippen MR) is 57.6 cm³/mol. The van der Waals surface area contributed by atoms with Crippen LogP contribution in [0.3, 0.4) is 0 Å². The van der Waals surface area contributed by atoms with Crippen molar-refractivity contribution in [3.05, 3.63) is 29.6 Å². The molecule has 0 aliphatic rings. The van der Waals surface area contributed by atoms with E-state index in [1.54, 1.807) is 0 Å².